The molecule has 2 N–H and O–H groups in total. The van der Waals surface area contributed by atoms with Crippen LogP contribution in [0.5, 0.6) is 0 Å². The average Bonchev–Trinajstić information content (AvgIpc) is 2.88. The molecule has 0 aromatic heterocycles. The van der Waals surface area contributed by atoms with Crippen molar-refractivity contribution < 1.29 is 24.5 Å². The van der Waals surface area contributed by atoms with Crippen LogP contribution in [0.4, 0.5) is 0 Å². The van der Waals surface area contributed by atoms with Gasteiger partial charge in [0.25, 0.3) is 0 Å². The summed E-state index contributed by atoms with van der Waals surface area (Å²) in [4.78, 5) is 24.9. The minimum Gasteiger partial charge on any atom is -0.511 e. The molecule has 3 atom stereocenters. The van der Waals surface area contributed by atoms with Gasteiger partial charge in [0.1, 0.15) is 17.6 Å². The number of aliphatic hydroxyl groups is 2. The second-order valence-electron chi connectivity index (χ2n) is 7.19. The Hall–Kier alpha value is -2.56. The Morgan fingerprint density at radius 1 is 1.19 bits per heavy atom. The van der Waals surface area contributed by atoms with Crippen LogP contribution in [0.15, 0.2) is 58.1 Å². The first-order chi connectivity index (χ1) is 12.3. The summed E-state index contributed by atoms with van der Waals surface area (Å²) in [5.41, 5.74) is 2.11. The normalized spacial score (nSPS) is 33.3. The third-order valence-electron chi connectivity index (χ3n) is 5.39. The summed E-state index contributed by atoms with van der Waals surface area (Å²) in [6.45, 7) is 5.44. The number of aliphatic hydroxyl groups excluding tert-OH is 2. The number of allylic oxidation sites excluding steroid dienone is 6. The molecule has 4 aliphatic rings. The molecule has 138 valence electrons. The molecule has 0 saturated carbocycles. The maximum Gasteiger partial charge on any atom is 0.338 e. The molecule has 2 heterocycles. The summed E-state index contributed by atoms with van der Waals surface area (Å²) in [6.07, 6.45) is 7.68. The van der Waals surface area contributed by atoms with E-state index in [1.807, 2.05) is 26.0 Å². The van der Waals surface area contributed by atoms with Crippen molar-refractivity contribution in [3.63, 3.8) is 0 Å². The van der Waals surface area contributed by atoms with Gasteiger partial charge in [-0.1, -0.05) is 25.2 Å². The van der Waals surface area contributed by atoms with Gasteiger partial charge >= 0.3 is 5.97 Å². The predicted molar refractivity (Wildman–Crippen MR) is 97.4 cm³/mol. The largest absolute Gasteiger partial charge is 0.511 e. The maximum absolute atomic E-state index is 12.5. The van der Waals surface area contributed by atoms with Crippen LogP contribution in [-0.4, -0.2) is 28.1 Å². The quantitative estimate of drug-likeness (QED) is 0.506. The summed E-state index contributed by atoms with van der Waals surface area (Å²) in [7, 11) is 0. The van der Waals surface area contributed by atoms with Gasteiger partial charge in [-0.05, 0) is 50.3 Å². The van der Waals surface area contributed by atoms with Crippen molar-refractivity contribution in [1.29, 1.82) is 0 Å². The fourth-order valence-electron chi connectivity index (χ4n) is 3.84. The van der Waals surface area contributed by atoms with Gasteiger partial charge in [0.15, 0.2) is 5.78 Å². The first-order valence-corrected chi connectivity index (χ1v) is 8.93. The molecule has 0 saturated heterocycles. The van der Waals surface area contributed by atoms with E-state index >= 15 is 0 Å². The maximum atomic E-state index is 12.5. The molecule has 2 aliphatic heterocycles. The third-order valence-corrected chi connectivity index (χ3v) is 5.39. The van der Waals surface area contributed by atoms with E-state index in [9.17, 15) is 19.8 Å². The van der Waals surface area contributed by atoms with Crippen molar-refractivity contribution in [3.05, 3.63) is 58.1 Å². The average molecular weight is 356 g/mol. The predicted octanol–water partition coefficient (Wildman–Crippen LogP) is 4.00. The van der Waals surface area contributed by atoms with Crippen LogP contribution >= 0.6 is 0 Å². The fraction of sp³-hybridized carbons (Fsp3) is 0.429. The molecule has 2 bridgehead atoms. The molecule has 5 heteroatoms. The first kappa shape index (κ1) is 18.2. The lowest BCUT2D eigenvalue weighted by molar-refractivity contribution is -0.147. The smallest absolute Gasteiger partial charge is 0.338 e. The van der Waals surface area contributed by atoms with Crippen LogP contribution in [0.2, 0.25) is 0 Å². The molecule has 4 rings (SSSR count). The van der Waals surface area contributed by atoms with Gasteiger partial charge in [-0.15, -0.1) is 0 Å². The molecule has 0 spiro atoms. The highest BCUT2D eigenvalue weighted by atomic mass is 16.5. The van der Waals surface area contributed by atoms with Gasteiger partial charge in [-0.2, -0.15) is 0 Å². The molecule has 0 unspecified atom stereocenters. The molecule has 26 heavy (non-hydrogen) atoms. The van der Waals surface area contributed by atoms with Gasteiger partial charge in [0, 0.05) is 11.5 Å². The van der Waals surface area contributed by atoms with Crippen molar-refractivity contribution in [2.24, 2.45) is 11.8 Å². The van der Waals surface area contributed by atoms with E-state index < -0.39 is 12.1 Å². The zero-order chi connectivity index (χ0) is 19.0. The molecule has 0 aromatic rings. The lowest BCUT2D eigenvalue weighted by Crippen LogP contribution is -2.34. The van der Waals surface area contributed by atoms with Crippen molar-refractivity contribution in [3.8, 4) is 0 Å². The van der Waals surface area contributed by atoms with Gasteiger partial charge in [0.2, 0.25) is 0 Å². The van der Waals surface area contributed by atoms with Crippen LogP contribution in [0, 0.1) is 11.8 Å². The Morgan fingerprint density at radius 2 is 1.92 bits per heavy atom. The molecule has 2 aliphatic carbocycles. The van der Waals surface area contributed by atoms with Crippen LogP contribution in [0.1, 0.15) is 40.0 Å². The number of esters is 1. The van der Waals surface area contributed by atoms with E-state index in [2.05, 4.69) is 0 Å². The third kappa shape index (κ3) is 3.14. The van der Waals surface area contributed by atoms with Gasteiger partial charge in [-0.25, -0.2) is 4.79 Å². The minimum absolute atomic E-state index is 0.0151. The summed E-state index contributed by atoms with van der Waals surface area (Å²) < 4.78 is 5.57. The van der Waals surface area contributed by atoms with Crippen LogP contribution in [0.3, 0.4) is 0 Å². The van der Waals surface area contributed by atoms with E-state index in [4.69, 9.17) is 4.74 Å². The van der Waals surface area contributed by atoms with Gasteiger partial charge < -0.3 is 14.9 Å². The zero-order valence-corrected chi connectivity index (χ0v) is 15.3. The highest BCUT2D eigenvalue weighted by molar-refractivity contribution is 6.06. The summed E-state index contributed by atoms with van der Waals surface area (Å²) in [5, 5.41) is 20.8. The molecule has 0 radical (unpaired) electrons. The first-order valence-electron chi connectivity index (χ1n) is 8.93. The van der Waals surface area contributed by atoms with Crippen LogP contribution < -0.4 is 0 Å². The fourth-order valence-corrected chi connectivity index (χ4v) is 3.84. The molecule has 0 fully saturated rings. The Morgan fingerprint density at radius 3 is 2.65 bits per heavy atom. The molecular formula is C21H24O5. The second-order valence-corrected chi connectivity index (χ2v) is 7.19. The molecular weight excluding hydrogens is 332 g/mol. The second kappa shape index (κ2) is 6.98. The van der Waals surface area contributed by atoms with E-state index in [1.54, 1.807) is 13.0 Å². The molecule has 0 aromatic carbocycles. The van der Waals surface area contributed by atoms with Crippen molar-refractivity contribution in [2.75, 3.05) is 0 Å². The molecule has 0 amide bonds. The topological polar surface area (TPSA) is 83.8 Å². The van der Waals surface area contributed by atoms with Crippen molar-refractivity contribution >= 4 is 11.8 Å². The number of hydrogen-bond acceptors (Lipinski definition) is 5. The summed E-state index contributed by atoms with van der Waals surface area (Å²) in [5.74, 6) is -1.24. The number of carbonyl (C=O) groups is 2. The Balaban J connectivity index is 2.03. The van der Waals surface area contributed by atoms with Gasteiger partial charge in [-0.3, -0.25) is 4.79 Å². The van der Waals surface area contributed by atoms with Crippen molar-refractivity contribution in [1.82, 2.24) is 0 Å². The standard InChI is InChI=1S/C21H24O5/c1-11-6-4-5-7-16(22)17-14(10-12(2)18(17)23)8-9-15-19(24)13(3)20(11)26-21(15)25/h5-7,10,13-14,20,23-24H,4,8-9H2,1-3H3/b7-5-,11-6-/t13-,14+,20+/m0/s1. The summed E-state index contributed by atoms with van der Waals surface area (Å²) >= 11 is 0. The van der Waals surface area contributed by atoms with E-state index in [1.165, 1.54) is 6.08 Å². The highest BCUT2D eigenvalue weighted by Gasteiger charge is 2.37. The van der Waals surface area contributed by atoms with Crippen LogP contribution in [-0.2, 0) is 14.3 Å². The van der Waals surface area contributed by atoms with E-state index in [0.717, 1.165) is 5.57 Å². The number of fused-ring (bicyclic) bond motifs is 6. The Kier molecular flexibility index (Phi) is 4.90. The lowest BCUT2D eigenvalue weighted by atomic mass is 9.86. The number of hydrogen-bond donors (Lipinski definition) is 2. The lowest BCUT2D eigenvalue weighted by Gasteiger charge is -2.31. The number of carbonyl (C=O) groups excluding carboxylic acids is 2. The molecule has 5 nitrogen and oxygen atoms in total. The Bertz CT molecular complexity index is 806. The number of ether oxygens (including phenoxy) is 1. The van der Waals surface area contributed by atoms with Crippen LogP contribution in [0.25, 0.3) is 0 Å². The minimum atomic E-state index is -0.509. The zero-order valence-electron chi connectivity index (χ0n) is 15.3. The monoisotopic (exact) mass is 356 g/mol. The van der Waals surface area contributed by atoms with E-state index in [0.29, 0.717) is 24.0 Å². The van der Waals surface area contributed by atoms with E-state index in [-0.39, 0.29) is 41.1 Å². The highest BCUT2D eigenvalue weighted by Crippen LogP contribution is 2.37. The number of ketones is 1. The number of rotatable bonds is 0. The summed E-state index contributed by atoms with van der Waals surface area (Å²) in [6, 6.07) is 0. The van der Waals surface area contributed by atoms with Crippen molar-refractivity contribution in [2.45, 2.75) is 46.1 Å². The Labute approximate surface area is 153 Å². The van der Waals surface area contributed by atoms with Gasteiger partial charge in [0.05, 0.1) is 11.5 Å². The SMILES string of the molecule is CC1=C[C@H]2CCC3=C(O)[C@H](C)[C@H](OC3=O)/C(C)=C\C/C=C\C(=O)C2=C1O.